The van der Waals surface area contributed by atoms with Crippen LogP contribution in [-0.4, -0.2) is 196 Å². The third-order valence-electron chi connectivity index (χ3n) is 15.8. The van der Waals surface area contributed by atoms with Gasteiger partial charge in [0.1, 0.15) is 11.2 Å². The average molecular weight is 1020 g/mol. The fourth-order valence-electron chi connectivity index (χ4n) is 9.87. The summed E-state index contributed by atoms with van der Waals surface area (Å²) in [6.07, 6.45) is 8.01. The first-order valence-electron chi connectivity index (χ1n) is 28.6. The Labute approximate surface area is 445 Å². The van der Waals surface area contributed by atoms with E-state index in [1.54, 1.807) is 4.90 Å². The number of nitrogens with one attached hydrogen (secondary N) is 2. The highest BCUT2D eigenvalue weighted by Crippen LogP contribution is 2.28. The molecule has 0 saturated carbocycles. The lowest BCUT2D eigenvalue weighted by Gasteiger charge is -2.45. The fourth-order valence-corrected chi connectivity index (χ4v) is 9.87. The minimum absolute atomic E-state index is 0.103. The van der Waals surface area contributed by atoms with Gasteiger partial charge in [0, 0.05) is 106 Å². The summed E-state index contributed by atoms with van der Waals surface area (Å²) < 4.78 is 10.8. The van der Waals surface area contributed by atoms with Crippen molar-refractivity contribution in [1.82, 2.24) is 40.0 Å². The van der Waals surface area contributed by atoms with Crippen molar-refractivity contribution >= 4 is 12.2 Å². The molecule has 0 aliphatic carbocycles. The van der Waals surface area contributed by atoms with E-state index in [1.165, 1.54) is 32.6 Å². The van der Waals surface area contributed by atoms with E-state index in [0.717, 1.165) is 90.1 Å². The number of hydrogen-bond donors (Lipinski definition) is 4. The van der Waals surface area contributed by atoms with Crippen molar-refractivity contribution in [3.05, 3.63) is 0 Å². The highest BCUT2D eigenvalue weighted by Gasteiger charge is 2.37. The lowest BCUT2D eigenvalue weighted by atomic mass is 9.87. The molecule has 5 heterocycles. The molecule has 72 heavy (non-hydrogen) atoms. The van der Waals surface area contributed by atoms with Crippen molar-refractivity contribution in [2.24, 2.45) is 17.6 Å². The first kappa shape index (κ1) is 68.2. The normalized spacial score (nSPS) is 25.6. The Kier molecular flexibility index (Phi) is 28.1. The number of rotatable bonds is 7. The van der Waals surface area contributed by atoms with E-state index in [4.69, 9.17) is 15.2 Å². The van der Waals surface area contributed by atoms with Gasteiger partial charge in [-0.15, -0.1) is 0 Å². The van der Waals surface area contributed by atoms with Gasteiger partial charge in [-0.3, -0.25) is 14.7 Å². The fraction of sp³-hybridized carbons (Fsp3) is 0.966. The number of nitrogens with two attached hydrogens (primary N) is 1. The average Bonchev–Trinajstić information content (AvgIpc) is 3.22. The maximum atomic E-state index is 12.2. The minimum atomic E-state index is -0.438. The Morgan fingerprint density at radius 1 is 0.611 bits per heavy atom. The van der Waals surface area contributed by atoms with Crippen LogP contribution in [0.4, 0.5) is 9.59 Å². The molecule has 5 fully saturated rings. The number of piperidine rings is 5. The zero-order valence-corrected chi connectivity index (χ0v) is 51.7. The van der Waals surface area contributed by atoms with Gasteiger partial charge in [0.05, 0.1) is 11.6 Å². The van der Waals surface area contributed by atoms with Gasteiger partial charge in [-0.1, -0.05) is 13.8 Å². The van der Waals surface area contributed by atoms with Gasteiger partial charge in [-0.05, 0) is 222 Å². The number of carbonyl (C=O) groups excluding carboxylic acids is 2. The van der Waals surface area contributed by atoms with E-state index in [9.17, 15) is 14.7 Å². The van der Waals surface area contributed by atoms with Crippen molar-refractivity contribution in [2.45, 2.75) is 273 Å². The van der Waals surface area contributed by atoms with Crippen LogP contribution in [-0.2, 0) is 9.47 Å². The van der Waals surface area contributed by atoms with Crippen LogP contribution >= 0.6 is 0 Å². The summed E-state index contributed by atoms with van der Waals surface area (Å²) in [5, 5.41) is 16.1. The molecular weight excluding hydrogens is 903 g/mol. The number of nitrogens with zero attached hydrogens (tertiary/aromatic N) is 6. The molecule has 4 atom stereocenters. The lowest BCUT2D eigenvalue weighted by molar-refractivity contribution is -0.0127. The van der Waals surface area contributed by atoms with E-state index >= 15 is 0 Å². The molecule has 0 aromatic heterocycles. The molecule has 14 nitrogen and oxygen atoms in total. The second-order valence-electron chi connectivity index (χ2n) is 27.5. The Morgan fingerprint density at radius 3 is 1.40 bits per heavy atom. The molecule has 14 heteroatoms. The quantitative estimate of drug-likeness (QED) is 0.193. The van der Waals surface area contributed by atoms with Gasteiger partial charge in [0.15, 0.2) is 0 Å². The highest BCUT2D eigenvalue weighted by atomic mass is 16.6. The number of alkyl carbamates (subject to hydrolysis) is 1. The molecule has 0 radical (unpaired) electrons. The van der Waals surface area contributed by atoms with Crippen LogP contribution < -0.4 is 16.4 Å². The monoisotopic (exact) mass is 1020 g/mol. The van der Waals surface area contributed by atoms with Crippen LogP contribution in [0.2, 0.25) is 0 Å². The topological polar surface area (TPSA) is 142 Å². The second-order valence-corrected chi connectivity index (χ2v) is 27.5. The van der Waals surface area contributed by atoms with E-state index in [-0.39, 0.29) is 34.8 Å². The van der Waals surface area contributed by atoms with Gasteiger partial charge in [0.25, 0.3) is 0 Å². The Morgan fingerprint density at radius 2 is 1.01 bits per heavy atom. The van der Waals surface area contributed by atoms with Crippen molar-refractivity contribution in [1.29, 1.82) is 0 Å². The lowest BCUT2D eigenvalue weighted by Crippen LogP contribution is -2.57. The van der Waals surface area contributed by atoms with Crippen LogP contribution in [0, 0.1) is 11.8 Å². The number of ether oxygens (including phenoxy) is 2. The predicted molar refractivity (Wildman–Crippen MR) is 305 cm³/mol. The molecule has 5 aliphatic rings. The van der Waals surface area contributed by atoms with Crippen molar-refractivity contribution in [3.63, 3.8) is 0 Å². The van der Waals surface area contributed by atoms with Crippen LogP contribution in [0.3, 0.4) is 0 Å². The number of carbonyl (C=O) groups is 2. The molecule has 2 amide bonds. The maximum absolute atomic E-state index is 12.2. The summed E-state index contributed by atoms with van der Waals surface area (Å²) in [4.78, 5) is 38.2. The maximum Gasteiger partial charge on any atom is 0.410 e. The molecule has 0 bridgehead atoms. The van der Waals surface area contributed by atoms with Gasteiger partial charge < -0.3 is 45.6 Å². The number of likely N-dealkylation sites (N-methyl/N-ethyl adjacent to an activating group) is 2. The van der Waals surface area contributed by atoms with E-state index < -0.39 is 16.8 Å². The van der Waals surface area contributed by atoms with Crippen molar-refractivity contribution in [2.75, 3.05) is 79.5 Å². The van der Waals surface area contributed by atoms with E-state index in [1.807, 2.05) is 55.5 Å². The Bertz CT molecular complexity index is 1470. The van der Waals surface area contributed by atoms with Crippen molar-refractivity contribution in [3.8, 4) is 0 Å². The third-order valence-corrected chi connectivity index (χ3v) is 15.8. The van der Waals surface area contributed by atoms with Gasteiger partial charge in [-0.25, -0.2) is 9.59 Å². The smallest absolute Gasteiger partial charge is 0.410 e. The second kappa shape index (κ2) is 29.7. The first-order chi connectivity index (χ1) is 32.7. The molecule has 0 aromatic rings. The van der Waals surface area contributed by atoms with Crippen LogP contribution in [0.5, 0.6) is 0 Å². The summed E-state index contributed by atoms with van der Waals surface area (Å²) in [6.45, 7) is 57.8. The van der Waals surface area contributed by atoms with Gasteiger partial charge in [0.2, 0.25) is 0 Å². The molecule has 5 rings (SSSR count). The number of hydrogen-bond acceptors (Lipinski definition) is 12. The Balaban J connectivity index is 0.000000460. The standard InChI is InChI=1S/2C15H30N2O2.C10H22N2.C9H20N2.C9H19NO/c1-13(2,3)17-10-8-15(7,9-11-17)16-12(18)19-14(4,5)6;1-11(2)17-9-8-12(3)13(10-17)16(7)14(18)19-15(4,5)6;1-8(2)12-6-5-9(3)10(7-12)11-4;1-8(2)11-6-4-9(3,10)5-7-11;1-8(2)10-6-4-9(3,11)5-7-10/h8-11H2,1-7H3,(H,16,18);11-13H,8-10H2,1-7H3;8-11H,5-7H2,1-4H3;8H,4-7,10H2,1-3H3;8,11H,4-7H2,1-3H3. The van der Waals surface area contributed by atoms with Crippen LogP contribution in [0.15, 0.2) is 0 Å². The highest BCUT2D eigenvalue weighted by molar-refractivity contribution is 5.69. The summed E-state index contributed by atoms with van der Waals surface area (Å²) >= 11 is 0. The predicted octanol–water partition coefficient (Wildman–Crippen LogP) is 9.91. The van der Waals surface area contributed by atoms with Gasteiger partial charge >= 0.3 is 12.2 Å². The van der Waals surface area contributed by atoms with Crippen molar-refractivity contribution < 1.29 is 24.2 Å². The molecule has 5 saturated heterocycles. The number of aliphatic hydroxyl groups is 1. The molecule has 5 N–H and O–H groups in total. The molecule has 0 spiro atoms. The Hall–Kier alpha value is -1.78. The molecule has 428 valence electrons. The number of likely N-dealkylation sites (tertiary alicyclic amines) is 5. The molecular formula is C58H121N9O5. The molecule has 5 aliphatic heterocycles. The minimum Gasteiger partial charge on any atom is -0.444 e. The van der Waals surface area contributed by atoms with Crippen LogP contribution in [0.25, 0.3) is 0 Å². The summed E-state index contributed by atoms with van der Waals surface area (Å²) in [6, 6.07) is 3.49. The number of amides is 2. The largest absolute Gasteiger partial charge is 0.444 e. The third kappa shape index (κ3) is 26.8. The first-order valence-corrected chi connectivity index (χ1v) is 28.6. The SMILES string of the molecule is CC(C)N1CCC(C)(N)CC1.CC(C)N1CCC(C)(O)CC1.CC1(NC(=O)OC(C)(C)C)CCN(C(C)(C)C)CC1.CC1CCN(C(C)C)CC1N(C)C(=O)OC(C)(C)C.CNC1CN(C(C)C)CCC1C. The van der Waals surface area contributed by atoms with Crippen LogP contribution in [0.1, 0.15) is 204 Å². The summed E-state index contributed by atoms with van der Waals surface area (Å²) in [5.41, 5.74) is 4.90. The summed E-state index contributed by atoms with van der Waals surface area (Å²) in [7, 11) is 3.93. The molecule has 4 unspecified atom stereocenters. The van der Waals surface area contributed by atoms with Gasteiger partial charge in [-0.2, -0.15) is 0 Å². The summed E-state index contributed by atoms with van der Waals surface area (Å²) in [5.74, 6) is 1.36. The zero-order chi connectivity index (χ0) is 55.8. The zero-order valence-electron chi connectivity index (χ0n) is 51.7. The van der Waals surface area contributed by atoms with E-state index in [2.05, 4.69) is 146 Å². The molecule has 0 aromatic carbocycles. The van der Waals surface area contributed by atoms with E-state index in [0.29, 0.717) is 36.1 Å².